The topological polar surface area (TPSA) is 32.3 Å². The van der Waals surface area contributed by atoms with Crippen molar-refractivity contribution < 1.29 is 5.11 Å². The zero-order valence-electron chi connectivity index (χ0n) is 12.5. The number of aliphatic hydroxyl groups is 1. The smallest absolute Gasteiger partial charge is 0.0499 e. The third kappa shape index (κ3) is 3.48. The summed E-state index contributed by atoms with van der Waals surface area (Å²) >= 11 is 0. The first kappa shape index (κ1) is 14.3. The maximum Gasteiger partial charge on any atom is 0.0499 e. The van der Waals surface area contributed by atoms with Gasteiger partial charge >= 0.3 is 0 Å². The molecule has 0 saturated heterocycles. The molecule has 2 aliphatic rings. The number of aliphatic hydroxyl groups excluding tert-OH is 1. The van der Waals surface area contributed by atoms with Crippen LogP contribution in [0.15, 0.2) is 0 Å². The number of hydrogen-bond donors (Lipinski definition) is 2. The normalized spacial score (nSPS) is 34.7. The van der Waals surface area contributed by atoms with E-state index in [9.17, 15) is 5.11 Å². The van der Waals surface area contributed by atoms with Gasteiger partial charge < -0.3 is 10.4 Å². The van der Waals surface area contributed by atoms with E-state index in [1.165, 1.54) is 44.9 Å². The summed E-state index contributed by atoms with van der Waals surface area (Å²) in [4.78, 5) is 0. The standard InChI is InChI=1S/C16H31NO/c1-13-8-14(10-15(2,3)9-13)17-11-16(12-18)6-4-5-7-16/h13-14,17-18H,4-12H2,1-3H3. The van der Waals surface area contributed by atoms with Crippen LogP contribution in [0.1, 0.15) is 65.7 Å². The second-order valence-corrected chi connectivity index (χ2v) is 7.86. The lowest BCUT2D eigenvalue weighted by Crippen LogP contribution is -2.45. The molecule has 0 heterocycles. The Morgan fingerprint density at radius 3 is 2.39 bits per heavy atom. The molecule has 0 aliphatic heterocycles. The van der Waals surface area contributed by atoms with Gasteiger partial charge in [0.1, 0.15) is 0 Å². The molecule has 2 nitrogen and oxygen atoms in total. The molecule has 0 aromatic rings. The van der Waals surface area contributed by atoms with Crippen molar-refractivity contribution in [1.82, 2.24) is 5.32 Å². The van der Waals surface area contributed by atoms with Gasteiger partial charge in [-0.15, -0.1) is 0 Å². The number of nitrogens with one attached hydrogen (secondary N) is 1. The highest BCUT2D eigenvalue weighted by atomic mass is 16.3. The van der Waals surface area contributed by atoms with E-state index in [4.69, 9.17) is 0 Å². The lowest BCUT2D eigenvalue weighted by atomic mass is 9.70. The Bertz CT molecular complexity index is 268. The highest BCUT2D eigenvalue weighted by Gasteiger charge is 2.36. The Kier molecular flexibility index (Phi) is 4.38. The summed E-state index contributed by atoms with van der Waals surface area (Å²) in [6.45, 7) is 8.57. The molecule has 0 aromatic carbocycles. The third-order valence-corrected chi connectivity index (χ3v) is 5.15. The van der Waals surface area contributed by atoms with E-state index >= 15 is 0 Å². The number of rotatable bonds is 4. The molecule has 2 atom stereocenters. The van der Waals surface area contributed by atoms with Gasteiger partial charge in [0, 0.05) is 24.6 Å². The van der Waals surface area contributed by atoms with E-state index < -0.39 is 0 Å². The molecule has 0 radical (unpaired) electrons. The third-order valence-electron chi connectivity index (χ3n) is 5.15. The molecule has 2 fully saturated rings. The summed E-state index contributed by atoms with van der Waals surface area (Å²) in [7, 11) is 0. The van der Waals surface area contributed by atoms with Gasteiger partial charge in [0.15, 0.2) is 0 Å². The zero-order chi connectivity index (χ0) is 13.2. The summed E-state index contributed by atoms with van der Waals surface area (Å²) in [5, 5.41) is 13.4. The van der Waals surface area contributed by atoms with Crippen molar-refractivity contribution in [3.8, 4) is 0 Å². The minimum atomic E-state index is 0.199. The molecular formula is C16H31NO. The molecule has 18 heavy (non-hydrogen) atoms. The van der Waals surface area contributed by atoms with Crippen LogP contribution < -0.4 is 5.32 Å². The molecule has 0 bridgehead atoms. The molecule has 2 unspecified atom stereocenters. The average molecular weight is 253 g/mol. The van der Waals surface area contributed by atoms with Crippen molar-refractivity contribution in [1.29, 1.82) is 0 Å². The lowest BCUT2D eigenvalue weighted by molar-refractivity contribution is 0.104. The summed E-state index contributed by atoms with van der Waals surface area (Å²) in [6.07, 6.45) is 8.98. The Morgan fingerprint density at radius 1 is 1.17 bits per heavy atom. The Hall–Kier alpha value is -0.0800. The monoisotopic (exact) mass is 253 g/mol. The van der Waals surface area contributed by atoms with Gasteiger partial charge in [0.25, 0.3) is 0 Å². The molecule has 2 rings (SSSR count). The predicted molar refractivity (Wildman–Crippen MR) is 76.6 cm³/mol. The van der Waals surface area contributed by atoms with Crippen LogP contribution in [0.3, 0.4) is 0 Å². The summed E-state index contributed by atoms with van der Waals surface area (Å²) < 4.78 is 0. The van der Waals surface area contributed by atoms with Gasteiger partial charge in [0.2, 0.25) is 0 Å². The van der Waals surface area contributed by atoms with Crippen molar-refractivity contribution in [2.75, 3.05) is 13.2 Å². The molecule has 0 spiro atoms. The van der Waals surface area contributed by atoms with Gasteiger partial charge in [0.05, 0.1) is 0 Å². The van der Waals surface area contributed by atoms with E-state index in [1.54, 1.807) is 0 Å². The average Bonchev–Trinajstić information content (AvgIpc) is 2.73. The fraction of sp³-hybridized carbons (Fsp3) is 1.00. The van der Waals surface area contributed by atoms with E-state index in [-0.39, 0.29) is 5.41 Å². The van der Waals surface area contributed by atoms with Gasteiger partial charge in [-0.3, -0.25) is 0 Å². The molecule has 0 aromatic heterocycles. The molecule has 2 aliphatic carbocycles. The van der Waals surface area contributed by atoms with Crippen molar-refractivity contribution in [2.24, 2.45) is 16.7 Å². The van der Waals surface area contributed by atoms with Crippen molar-refractivity contribution >= 4 is 0 Å². The second-order valence-electron chi connectivity index (χ2n) is 7.86. The van der Waals surface area contributed by atoms with Crippen LogP contribution in [0, 0.1) is 16.7 Å². The fourth-order valence-electron chi connectivity index (χ4n) is 4.38. The molecule has 106 valence electrons. The SMILES string of the molecule is CC1CC(NCC2(CO)CCCC2)CC(C)(C)C1. The van der Waals surface area contributed by atoms with E-state index in [1.807, 2.05) is 0 Å². The van der Waals surface area contributed by atoms with Crippen LogP contribution in [0.2, 0.25) is 0 Å². The first-order valence-electron chi connectivity index (χ1n) is 7.79. The Balaban J connectivity index is 1.85. The van der Waals surface area contributed by atoms with E-state index in [2.05, 4.69) is 26.1 Å². The molecule has 2 N–H and O–H groups in total. The Labute approximate surface area is 113 Å². The quantitative estimate of drug-likeness (QED) is 0.805. The van der Waals surface area contributed by atoms with Crippen molar-refractivity contribution in [3.63, 3.8) is 0 Å². The van der Waals surface area contributed by atoms with Crippen molar-refractivity contribution in [2.45, 2.75) is 71.8 Å². The summed E-state index contributed by atoms with van der Waals surface area (Å²) in [6, 6.07) is 0.660. The van der Waals surface area contributed by atoms with Gasteiger partial charge in [-0.05, 0) is 43.4 Å². The molecular weight excluding hydrogens is 222 g/mol. The number of hydrogen-bond acceptors (Lipinski definition) is 2. The minimum Gasteiger partial charge on any atom is -0.396 e. The summed E-state index contributed by atoms with van der Waals surface area (Å²) in [5.74, 6) is 0.833. The van der Waals surface area contributed by atoms with Crippen LogP contribution in [0.4, 0.5) is 0 Å². The first-order chi connectivity index (χ1) is 8.45. The molecule has 0 amide bonds. The maximum absolute atomic E-state index is 9.66. The van der Waals surface area contributed by atoms with E-state index in [0.717, 1.165) is 12.5 Å². The molecule has 2 heteroatoms. The second kappa shape index (κ2) is 5.50. The molecule has 2 saturated carbocycles. The fourth-order valence-corrected chi connectivity index (χ4v) is 4.38. The van der Waals surface area contributed by atoms with Crippen LogP contribution >= 0.6 is 0 Å². The van der Waals surface area contributed by atoms with Gasteiger partial charge in [-0.1, -0.05) is 33.6 Å². The Morgan fingerprint density at radius 2 is 1.83 bits per heavy atom. The minimum absolute atomic E-state index is 0.199. The van der Waals surface area contributed by atoms with Gasteiger partial charge in [-0.2, -0.15) is 0 Å². The van der Waals surface area contributed by atoms with Crippen LogP contribution in [-0.2, 0) is 0 Å². The zero-order valence-corrected chi connectivity index (χ0v) is 12.5. The van der Waals surface area contributed by atoms with Crippen LogP contribution in [-0.4, -0.2) is 24.3 Å². The highest BCUT2D eigenvalue weighted by Crippen LogP contribution is 2.40. The largest absolute Gasteiger partial charge is 0.396 e. The van der Waals surface area contributed by atoms with Crippen LogP contribution in [0.5, 0.6) is 0 Å². The first-order valence-corrected chi connectivity index (χ1v) is 7.79. The van der Waals surface area contributed by atoms with Crippen LogP contribution in [0.25, 0.3) is 0 Å². The van der Waals surface area contributed by atoms with Gasteiger partial charge in [-0.25, -0.2) is 0 Å². The highest BCUT2D eigenvalue weighted by molar-refractivity contribution is 4.91. The summed E-state index contributed by atoms with van der Waals surface area (Å²) in [5.41, 5.74) is 0.683. The lowest BCUT2D eigenvalue weighted by Gasteiger charge is -2.41. The van der Waals surface area contributed by atoms with Crippen molar-refractivity contribution in [3.05, 3.63) is 0 Å². The maximum atomic E-state index is 9.66. The van der Waals surface area contributed by atoms with E-state index in [0.29, 0.717) is 18.1 Å². The predicted octanol–water partition coefficient (Wildman–Crippen LogP) is 3.34.